The average molecular weight is 389 g/mol. The zero-order chi connectivity index (χ0) is 19.4. The number of rotatable bonds is 6. The number of carbonyl (C=O) groups is 2. The van der Waals surface area contributed by atoms with E-state index in [1.54, 1.807) is 24.3 Å². The molecule has 1 aliphatic carbocycles. The lowest BCUT2D eigenvalue weighted by Gasteiger charge is -2.12. The molecule has 2 aromatic rings. The summed E-state index contributed by atoms with van der Waals surface area (Å²) in [6.07, 6.45) is 1.62. The van der Waals surface area contributed by atoms with Gasteiger partial charge in [-0.1, -0.05) is 18.2 Å². The van der Waals surface area contributed by atoms with Crippen molar-refractivity contribution in [2.75, 3.05) is 11.8 Å². The number of methoxy groups -OCH3 is 1. The minimum atomic E-state index is -3.93. The second-order valence-corrected chi connectivity index (χ2v) is 7.73. The molecule has 0 bridgehead atoms. The molecule has 8 nitrogen and oxygen atoms in total. The van der Waals surface area contributed by atoms with Gasteiger partial charge >= 0.3 is 0 Å². The van der Waals surface area contributed by atoms with E-state index in [0.29, 0.717) is 5.75 Å². The Morgan fingerprint density at radius 3 is 2.48 bits per heavy atom. The first-order valence-electron chi connectivity index (χ1n) is 8.27. The molecule has 1 aliphatic rings. The van der Waals surface area contributed by atoms with Crippen molar-refractivity contribution in [1.82, 2.24) is 10.9 Å². The predicted octanol–water partition coefficient (Wildman–Crippen LogP) is 1.67. The van der Waals surface area contributed by atoms with E-state index in [2.05, 4.69) is 15.6 Å². The van der Waals surface area contributed by atoms with E-state index in [0.717, 1.165) is 12.8 Å². The predicted molar refractivity (Wildman–Crippen MR) is 98.6 cm³/mol. The van der Waals surface area contributed by atoms with Crippen molar-refractivity contribution < 1.29 is 22.7 Å². The summed E-state index contributed by atoms with van der Waals surface area (Å²) < 4.78 is 32.9. The summed E-state index contributed by atoms with van der Waals surface area (Å²) >= 11 is 0. The third-order valence-corrected chi connectivity index (χ3v) is 5.37. The molecule has 0 unspecified atom stereocenters. The Labute approximate surface area is 156 Å². The van der Waals surface area contributed by atoms with Gasteiger partial charge in [0.25, 0.3) is 15.9 Å². The van der Waals surface area contributed by atoms with Gasteiger partial charge in [0.2, 0.25) is 5.91 Å². The van der Waals surface area contributed by atoms with Gasteiger partial charge in [0, 0.05) is 11.5 Å². The lowest BCUT2D eigenvalue weighted by atomic mass is 10.2. The molecule has 3 N–H and O–H groups in total. The Morgan fingerprint density at radius 1 is 1.04 bits per heavy atom. The smallest absolute Gasteiger partial charge is 0.269 e. The average Bonchev–Trinajstić information content (AvgIpc) is 3.51. The van der Waals surface area contributed by atoms with Crippen LogP contribution >= 0.6 is 0 Å². The van der Waals surface area contributed by atoms with E-state index in [4.69, 9.17) is 4.74 Å². The van der Waals surface area contributed by atoms with Gasteiger partial charge in [0.05, 0.1) is 17.7 Å². The van der Waals surface area contributed by atoms with Gasteiger partial charge in [-0.15, -0.1) is 0 Å². The Bertz CT molecular complexity index is 970. The maximum atomic E-state index is 12.6. The Kier molecular flexibility index (Phi) is 5.31. The topological polar surface area (TPSA) is 114 Å². The number of nitrogens with one attached hydrogen (secondary N) is 3. The molecule has 1 fully saturated rings. The third kappa shape index (κ3) is 4.56. The fourth-order valence-corrected chi connectivity index (χ4v) is 3.49. The van der Waals surface area contributed by atoms with Crippen molar-refractivity contribution in [1.29, 1.82) is 0 Å². The summed E-state index contributed by atoms with van der Waals surface area (Å²) in [6.45, 7) is 0. The highest BCUT2D eigenvalue weighted by Gasteiger charge is 2.29. The van der Waals surface area contributed by atoms with Gasteiger partial charge in [0.15, 0.2) is 0 Å². The maximum Gasteiger partial charge on any atom is 0.269 e. The summed E-state index contributed by atoms with van der Waals surface area (Å²) in [4.78, 5) is 23.7. The van der Waals surface area contributed by atoms with Crippen molar-refractivity contribution in [2.24, 2.45) is 5.92 Å². The molecular weight excluding hydrogens is 370 g/mol. The van der Waals surface area contributed by atoms with Gasteiger partial charge in [-0.25, -0.2) is 8.42 Å². The van der Waals surface area contributed by atoms with Gasteiger partial charge in [-0.3, -0.25) is 25.2 Å². The highest BCUT2D eigenvalue weighted by atomic mass is 32.2. The van der Waals surface area contributed by atoms with E-state index in [1.165, 1.54) is 31.4 Å². The number of ether oxygens (including phenoxy) is 1. The number of para-hydroxylation sites is 2. The molecule has 142 valence electrons. The molecule has 2 amide bonds. The molecular formula is C18H19N3O5S. The first kappa shape index (κ1) is 18.7. The highest BCUT2D eigenvalue weighted by molar-refractivity contribution is 7.92. The third-order valence-electron chi connectivity index (χ3n) is 4.01. The van der Waals surface area contributed by atoms with Crippen LogP contribution in [0.3, 0.4) is 0 Å². The molecule has 0 saturated heterocycles. The Balaban J connectivity index is 1.75. The molecule has 3 rings (SSSR count). The number of hydrogen-bond acceptors (Lipinski definition) is 5. The lowest BCUT2D eigenvalue weighted by Crippen LogP contribution is -2.42. The zero-order valence-corrected chi connectivity index (χ0v) is 15.4. The van der Waals surface area contributed by atoms with Gasteiger partial charge in [0.1, 0.15) is 5.75 Å². The molecule has 0 spiro atoms. The summed E-state index contributed by atoms with van der Waals surface area (Å²) in [5, 5.41) is 0. The first-order valence-corrected chi connectivity index (χ1v) is 9.75. The number of hydrazine groups is 1. The second kappa shape index (κ2) is 7.67. The highest BCUT2D eigenvalue weighted by Crippen LogP contribution is 2.28. The monoisotopic (exact) mass is 389 g/mol. The van der Waals surface area contributed by atoms with Crippen LogP contribution in [-0.2, 0) is 14.8 Å². The minimum Gasteiger partial charge on any atom is -0.495 e. The number of amides is 2. The number of carbonyl (C=O) groups excluding carboxylic acids is 2. The normalized spacial score (nSPS) is 13.5. The number of sulfonamides is 1. The summed E-state index contributed by atoms with van der Waals surface area (Å²) in [5.74, 6) is -0.525. The van der Waals surface area contributed by atoms with Crippen LogP contribution in [-0.4, -0.2) is 27.3 Å². The van der Waals surface area contributed by atoms with Crippen LogP contribution in [0, 0.1) is 5.92 Å². The van der Waals surface area contributed by atoms with Crippen LogP contribution in [0.25, 0.3) is 0 Å². The summed E-state index contributed by atoms with van der Waals surface area (Å²) in [5.41, 5.74) is 5.02. The lowest BCUT2D eigenvalue weighted by molar-refractivity contribution is -0.123. The molecule has 0 aliphatic heterocycles. The standard InChI is InChI=1S/C18H19N3O5S/c1-26-16-8-3-2-7-15(16)21-27(24,25)14-6-4-5-13(11-14)18(23)20-19-17(22)12-9-10-12/h2-8,11-12,21H,9-10H2,1H3,(H,19,22)(H,20,23). The van der Waals surface area contributed by atoms with E-state index >= 15 is 0 Å². The number of benzene rings is 2. The van der Waals surface area contributed by atoms with E-state index in [1.807, 2.05) is 0 Å². The molecule has 9 heteroatoms. The summed E-state index contributed by atoms with van der Waals surface area (Å²) in [6, 6.07) is 12.1. The quantitative estimate of drug-likeness (QED) is 0.651. The van der Waals surface area contributed by atoms with Crippen LogP contribution in [0.1, 0.15) is 23.2 Å². The van der Waals surface area contributed by atoms with Crippen LogP contribution in [0.15, 0.2) is 53.4 Å². The van der Waals surface area contributed by atoms with E-state index < -0.39 is 15.9 Å². The van der Waals surface area contributed by atoms with Crippen molar-refractivity contribution in [3.05, 3.63) is 54.1 Å². The summed E-state index contributed by atoms with van der Waals surface area (Å²) in [7, 11) is -2.50. The van der Waals surface area contributed by atoms with E-state index in [9.17, 15) is 18.0 Å². The van der Waals surface area contributed by atoms with Crippen molar-refractivity contribution >= 4 is 27.5 Å². The second-order valence-electron chi connectivity index (χ2n) is 6.05. The maximum absolute atomic E-state index is 12.6. The van der Waals surface area contributed by atoms with Crippen molar-refractivity contribution in [3.63, 3.8) is 0 Å². The number of anilines is 1. The molecule has 0 aromatic heterocycles. The largest absolute Gasteiger partial charge is 0.495 e. The van der Waals surface area contributed by atoms with Crippen LogP contribution in [0.5, 0.6) is 5.75 Å². The van der Waals surface area contributed by atoms with Crippen LogP contribution in [0.2, 0.25) is 0 Å². The van der Waals surface area contributed by atoms with Gasteiger partial charge < -0.3 is 4.74 Å². The van der Waals surface area contributed by atoms with Gasteiger partial charge in [-0.05, 0) is 43.2 Å². The van der Waals surface area contributed by atoms with Crippen molar-refractivity contribution in [2.45, 2.75) is 17.7 Å². The fraction of sp³-hybridized carbons (Fsp3) is 0.222. The molecule has 0 radical (unpaired) electrons. The number of hydrogen-bond donors (Lipinski definition) is 3. The molecule has 2 aromatic carbocycles. The van der Waals surface area contributed by atoms with E-state index in [-0.39, 0.29) is 28.0 Å². The zero-order valence-electron chi connectivity index (χ0n) is 14.6. The molecule has 1 saturated carbocycles. The first-order chi connectivity index (χ1) is 12.9. The molecule has 27 heavy (non-hydrogen) atoms. The SMILES string of the molecule is COc1ccccc1NS(=O)(=O)c1cccc(C(=O)NNC(=O)C2CC2)c1. The Morgan fingerprint density at radius 2 is 1.78 bits per heavy atom. The molecule has 0 heterocycles. The fourth-order valence-electron chi connectivity index (χ4n) is 2.38. The van der Waals surface area contributed by atoms with Crippen LogP contribution in [0.4, 0.5) is 5.69 Å². The van der Waals surface area contributed by atoms with Crippen molar-refractivity contribution in [3.8, 4) is 5.75 Å². The van der Waals surface area contributed by atoms with Gasteiger partial charge in [-0.2, -0.15) is 0 Å². The molecule has 0 atom stereocenters. The minimum absolute atomic E-state index is 0.0536. The van der Waals surface area contributed by atoms with Crippen LogP contribution < -0.4 is 20.3 Å². The Hall–Kier alpha value is -3.07.